The molecule has 2 amide bonds. The Hall–Kier alpha value is -3.59. The van der Waals surface area contributed by atoms with Gasteiger partial charge in [-0.15, -0.1) is 0 Å². The number of nitrogens with one attached hydrogen (secondary N) is 1. The summed E-state index contributed by atoms with van der Waals surface area (Å²) in [5.41, 5.74) is 3.97. The van der Waals surface area contributed by atoms with Crippen LogP contribution in [0.5, 0.6) is 0 Å². The van der Waals surface area contributed by atoms with Crippen molar-refractivity contribution >= 4 is 56.0 Å². The van der Waals surface area contributed by atoms with Crippen molar-refractivity contribution in [3.63, 3.8) is 0 Å². The molecule has 1 saturated heterocycles. The van der Waals surface area contributed by atoms with Crippen molar-refractivity contribution in [3.8, 4) is 0 Å². The first-order valence-electron chi connectivity index (χ1n) is 11.1. The van der Waals surface area contributed by atoms with Crippen molar-refractivity contribution in [2.24, 2.45) is 0 Å². The molecule has 0 bridgehead atoms. The number of ether oxygens (including phenoxy) is 1. The van der Waals surface area contributed by atoms with Gasteiger partial charge in [0.05, 0.1) is 29.2 Å². The molecule has 0 unspecified atom stereocenters. The molecule has 1 N–H and O–H groups in total. The molecule has 34 heavy (non-hydrogen) atoms. The first-order valence-corrected chi connectivity index (χ1v) is 11.9. The monoisotopic (exact) mass is 521 g/mol. The molecule has 174 valence electrons. The third-order valence-electron chi connectivity index (χ3n) is 6.02. The number of amides is 2. The molecule has 1 aliphatic rings. The number of rotatable bonds is 3. The highest BCUT2D eigenvalue weighted by atomic mass is 79.9. The van der Waals surface area contributed by atoms with E-state index in [1.807, 2.05) is 18.2 Å². The second-order valence-corrected chi connectivity index (χ2v) is 9.08. The number of methoxy groups -OCH3 is 1. The maximum Gasteiger partial charge on any atom is 0.337 e. The molecular formula is C25H24BrN5O3. The molecule has 2 aromatic carbocycles. The number of carbonyl (C=O) groups excluding carboxylic acids is 2. The molecule has 1 aliphatic heterocycles. The summed E-state index contributed by atoms with van der Waals surface area (Å²) in [4.78, 5) is 33.8. The lowest BCUT2D eigenvalue weighted by atomic mass is 10.2. The van der Waals surface area contributed by atoms with Crippen LogP contribution in [0.1, 0.15) is 16.8 Å². The fraction of sp³-hybridized carbons (Fsp3) is 0.240. The van der Waals surface area contributed by atoms with E-state index in [2.05, 4.69) is 48.9 Å². The lowest BCUT2D eigenvalue weighted by molar-refractivity contribution is 0.0600. The van der Waals surface area contributed by atoms with Gasteiger partial charge in [-0.3, -0.25) is 0 Å². The van der Waals surface area contributed by atoms with Crippen molar-refractivity contribution in [2.45, 2.75) is 6.42 Å². The zero-order valence-corrected chi connectivity index (χ0v) is 20.3. The zero-order chi connectivity index (χ0) is 23.7. The van der Waals surface area contributed by atoms with Crippen molar-refractivity contribution in [1.29, 1.82) is 0 Å². The van der Waals surface area contributed by atoms with Gasteiger partial charge >= 0.3 is 12.0 Å². The van der Waals surface area contributed by atoms with Gasteiger partial charge in [0.2, 0.25) is 0 Å². The Kier molecular flexibility index (Phi) is 6.10. The smallest absolute Gasteiger partial charge is 0.337 e. The first-order chi connectivity index (χ1) is 16.5. The zero-order valence-electron chi connectivity index (χ0n) is 18.7. The number of hydrogen-bond donors (Lipinski definition) is 1. The number of anilines is 2. The van der Waals surface area contributed by atoms with Gasteiger partial charge in [-0.1, -0.05) is 22.0 Å². The van der Waals surface area contributed by atoms with Crippen molar-refractivity contribution in [1.82, 2.24) is 14.3 Å². The molecule has 0 aliphatic carbocycles. The third kappa shape index (κ3) is 4.31. The fourth-order valence-electron chi connectivity index (χ4n) is 4.34. The number of benzene rings is 2. The topological polar surface area (TPSA) is 79.2 Å². The van der Waals surface area contributed by atoms with Gasteiger partial charge in [-0.05, 0) is 55.0 Å². The van der Waals surface area contributed by atoms with Crippen LogP contribution in [0.3, 0.4) is 0 Å². The van der Waals surface area contributed by atoms with Gasteiger partial charge < -0.3 is 24.3 Å². The maximum absolute atomic E-state index is 13.0. The second kappa shape index (κ2) is 9.34. The highest BCUT2D eigenvalue weighted by molar-refractivity contribution is 9.10. The summed E-state index contributed by atoms with van der Waals surface area (Å²) >= 11 is 3.55. The lowest BCUT2D eigenvalue weighted by Gasteiger charge is -2.24. The van der Waals surface area contributed by atoms with Gasteiger partial charge in [0.1, 0.15) is 0 Å². The minimum atomic E-state index is -0.437. The molecule has 0 spiro atoms. The summed E-state index contributed by atoms with van der Waals surface area (Å²) in [6.07, 6.45) is 2.87. The summed E-state index contributed by atoms with van der Waals surface area (Å²) in [6, 6.07) is 16.8. The molecule has 9 heteroatoms. The van der Waals surface area contributed by atoms with E-state index in [0.29, 0.717) is 30.9 Å². The van der Waals surface area contributed by atoms with Crippen molar-refractivity contribution < 1.29 is 14.3 Å². The van der Waals surface area contributed by atoms with Gasteiger partial charge in [0, 0.05) is 42.5 Å². The Balaban J connectivity index is 1.34. The summed E-state index contributed by atoms with van der Waals surface area (Å²) < 4.78 is 7.91. The molecule has 4 aromatic rings. The predicted octanol–water partition coefficient (Wildman–Crippen LogP) is 4.78. The lowest BCUT2D eigenvalue weighted by Crippen LogP contribution is -2.38. The molecule has 0 atom stereocenters. The number of urea groups is 1. The van der Waals surface area contributed by atoms with E-state index in [9.17, 15) is 9.59 Å². The van der Waals surface area contributed by atoms with E-state index in [-0.39, 0.29) is 6.03 Å². The summed E-state index contributed by atoms with van der Waals surface area (Å²) in [5.74, 6) is 0.483. The van der Waals surface area contributed by atoms with Crippen LogP contribution in [0, 0.1) is 0 Å². The average Bonchev–Trinajstić information content (AvgIpc) is 3.20. The van der Waals surface area contributed by atoms with E-state index in [4.69, 9.17) is 9.72 Å². The Labute approximate surface area is 205 Å². The quantitative estimate of drug-likeness (QED) is 0.392. The number of fused-ring (bicyclic) bond motifs is 3. The summed E-state index contributed by atoms with van der Waals surface area (Å²) in [5, 5.41) is 2.91. The third-order valence-corrected chi connectivity index (χ3v) is 6.51. The van der Waals surface area contributed by atoms with E-state index in [0.717, 1.165) is 39.8 Å². The van der Waals surface area contributed by atoms with Gasteiger partial charge in [0.15, 0.2) is 5.82 Å². The largest absolute Gasteiger partial charge is 0.465 e. The number of carbonyl (C=O) groups is 2. The number of hydrogen-bond acceptors (Lipinski definition) is 5. The Morgan fingerprint density at radius 3 is 2.74 bits per heavy atom. The van der Waals surface area contributed by atoms with Crippen LogP contribution in [0.4, 0.5) is 16.3 Å². The SMILES string of the molecule is COC(=O)c1cccc(NC(=O)N2CCCN(c3nc4cc(Br)ccc4n4cccc34)CC2)c1. The standard InChI is InChI=1S/C25H24BrN5O3/c1-34-24(32)17-5-2-6-19(15-17)27-25(33)30-11-4-10-29(13-14-30)23-22-7-3-12-31(22)21-9-8-18(26)16-20(21)28-23/h2-3,5-9,12,15-16H,4,10-11,13-14H2,1H3,(H,27,33). The molecule has 5 rings (SSSR count). The van der Waals surface area contributed by atoms with Crippen LogP contribution in [-0.2, 0) is 4.74 Å². The van der Waals surface area contributed by atoms with Gasteiger partial charge in [-0.2, -0.15) is 0 Å². The highest BCUT2D eigenvalue weighted by Gasteiger charge is 2.22. The van der Waals surface area contributed by atoms with E-state index >= 15 is 0 Å². The normalized spacial score (nSPS) is 14.3. The van der Waals surface area contributed by atoms with Gasteiger partial charge in [0.25, 0.3) is 0 Å². The Morgan fingerprint density at radius 1 is 1.00 bits per heavy atom. The minimum absolute atomic E-state index is 0.188. The minimum Gasteiger partial charge on any atom is -0.465 e. The van der Waals surface area contributed by atoms with Crippen LogP contribution >= 0.6 is 15.9 Å². The number of aromatic nitrogens is 2. The van der Waals surface area contributed by atoms with Crippen molar-refractivity contribution in [2.75, 3.05) is 43.5 Å². The number of esters is 1. The van der Waals surface area contributed by atoms with Crippen LogP contribution in [0.15, 0.2) is 65.3 Å². The van der Waals surface area contributed by atoms with Crippen LogP contribution in [0.2, 0.25) is 0 Å². The maximum atomic E-state index is 13.0. The summed E-state index contributed by atoms with van der Waals surface area (Å²) in [7, 11) is 1.33. The molecule has 2 aromatic heterocycles. The van der Waals surface area contributed by atoms with E-state index in [1.165, 1.54) is 7.11 Å². The Bertz CT molecular complexity index is 1390. The molecular weight excluding hydrogens is 498 g/mol. The predicted molar refractivity (Wildman–Crippen MR) is 136 cm³/mol. The first kappa shape index (κ1) is 22.2. The molecule has 0 saturated carbocycles. The van der Waals surface area contributed by atoms with Crippen LogP contribution in [-0.4, -0.2) is 59.6 Å². The van der Waals surface area contributed by atoms with E-state index < -0.39 is 5.97 Å². The van der Waals surface area contributed by atoms with Crippen LogP contribution < -0.4 is 10.2 Å². The fourth-order valence-corrected chi connectivity index (χ4v) is 4.69. The van der Waals surface area contributed by atoms with Gasteiger partial charge in [-0.25, -0.2) is 14.6 Å². The molecule has 3 heterocycles. The van der Waals surface area contributed by atoms with E-state index in [1.54, 1.807) is 29.2 Å². The number of halogens is 1. The van der Waals surface area contributed by atoms with Crippen molar-refractivity contribution in [3.05, 3.63) is 70.8 Å². The highest BCUT2D eigenvalue weighted by Crippen LogP contribution is 2.28. The molecule has 0 radical (unpaired) electrons. The summed E-state index contributed by atoms with van der Waals surface area (Å²) in [6.45, 7) is 2.67. The van der Waals surface area contributed by atoms with Crippen LogP contribution in [0.25, 0.3) is 16.6 Å². The average molecular weight is 522 g/mol. The number of nitrogens with zero attached hydrogens (tertiary/aromatic N) is 4. The molecule has 8 nitrogen and oxygen atoms in total. The second-order valence-electron chi connectivity index (χ2n) is 8.16. The molecule has 1 fully saturated rings. The Morgan fingerprint density at radius 2 is 1.88 bits per heavy atom.